The number of carboxylic acid groups (broad SMARTS) is 1. The van der Waals surface area contributed by atoms with Crippen LogP contribution in [0.2, 0.25) is 5.02 Å². The lowest BCUT2D eigenvalue weighted by atomic mass is 10.0. The lowest BCUT2D eigenvalue weighted by Gasteiger charge is -2.38. The molecule has 3 aromatic rings. The maximum absolute atomic E-state index is 14.8. The van der Waals surface area contributed by atoms with Gasteiger partial charge < -0.3 is 20.8 Å². The van der Waals surface area contributed by atoms with E-state index in [0.717, 1.165) is 11.0 Å². The van der Waals surface area contributed by atoms with Gasteiger partial charge in [0.1, 0.15) is 17.2 Å². The van der Waals surface area contributed by atoms with Crippen molar-refractivity contribution in [2.75, 3.05) is 18.5 Å². The molecule has 3 rings (SSSR count). The first kappa shape index (κ1) is 27.9. The number of benzene rings is 2. The van der Waals surface area contributed by atoms with Gasteiger partial charge in [0.05, 0.1) is 22.1 Å². The van der Waals surface area contributed by atoms with Gasteiger partial charge in [0.2, 0.25) is 0 Å². The number of aliphatic hydroxyl groups excluding tert-OH is 1. The molecule has 37 heavy (non-hydrogen) atoms. The smallest absolute Gasteiger partial charge is 0.408 e. The van der Waals surface area contributed by atoms with Crippen LogP contribution in [0.3, 0.4) is 0 Å². The Kier molecular flexibility index (Phi) is 8.39. The summed E-state index contributed by atoms with van der Waals surface area (Å²) in [5.74, 6) is -0.801. The van der Waals surface area contributed by atoms with E-state index in [2.05, 4.69) is 15.6 Å². The molecule has 0 saturated carbocycles. The van der Waals surface area contributed by atoms with Gasteiger partial charge >= 0.3 is 12.1 Å². The van der Waals surface area contributed by atoms with Crippen molar-refractivity contribution < 1.29 is 24.2 Å². The van der Waals surface area contributed by atoms with Gasteiger partial charge in [-0.1, -0.05) is 17.7 Å². The molecule has 0 unspecified atom stereocenters. The summed E-state index contributed by atoms with van der Waals surface area (Å²) in [6.45, 7) is 6.83. The van der Waals surface area contributed by atoms with E-state index < -0.39 is 35.1 Å². The molecule has 1 atom stereocenters. The Morgan fingerprint density at radius 1 is 1.24 bits per heavy atom. The predicted octanol–water partition coefficient (Wildman–Crippen LogP) is 4.52. The highest BCUT2D eigenvalue weighted by atomic mass is 35.5. The molecule has 0 radical (unpaired) electrons. The minimum Gasteiger partial charge on any atom is -0.465 e. The van der Waals surface area contributed by atoms with Gasteiger partial charge in [0.15, 0.2) is 0 Å². The average molecular weight is 534 g/mol. The lowest BCUT2D eigenvalue weighted by Crippen LogP contribution is -2.47. The molecule has 2 aromatic carbocycles. The molecule has 198 valence electrons. The van der Waals surface area contributed by atoms with Crippen LogP contribution in [0.15, 0.2) is 41.2 Å². The maximum atomic E-state index is 14.8. The summed E-state index contributed by atoms with van der Waals surface area (Å²) >= 11 is 6.26. The zero-order chi connectivity index (χ0) is 27.5. The fraction of sp³-hybridized carbons (Fsp3) is 0.360. The quantitative estimate of drug-likeness (QED) is 0.329. The lowest BCUT2D eigenvalue weighted by molar-refractivity contribution is 0.0719. The molecule has 10 nitrogen and oxygen atoms in total. The highest BCUT2D eigenvalue weighted by molar-refractivity contribution is 6.35. The second-order valence-corrected chi connectivity index (χ2v) is 9.78. The molecular formula is C25H29ClFN5O5. The van der Waals surface area contributed by atoms with E-state index >= 15 is 0 Å². The van der Waals surface area contributed by atoms with Crippen molar-refractivity contribution in [1.29, 1.82) is 0 Å². The van der Waals surface area contributed by atoms with Crippen LogP contribution in [0, 0.1) is 5.82 Å². The molecule has 3 amide bonds. The second-order valence-electron chi connectivity index (χ2n) is 9.37. The van der Waals surface area contributed by atoms with Gasteiger partial charge in [-0.3, -0.25) is 14.3 Å². The van der Waals surface area contributed by atoms with Crippen molar-refractivity contribution in [3.05, 3.63) is 63.4 Å². The first-order valence-electron chi connectivity index (χ1n) is 11.6. The number of carbonyl (C=O) groups excluding carboxylic acids is 1. The summed E-state index contributed by atoms with van der Waals surface area (Å²) in [6, 6.07) is 7.13. The van der Waals surface area contributed by atoms with Gasteiger partial charge in [0, 0.05) is 24.4 Å². The van der Waals surface area contributed by atoms with Crippen LogP contribution in [0.4, 0.5) is 19.7 Å². The first-order valence-corrected chi connectivity index (χ1v) is 11.9. The van der Waals surface area contributed by atoms with E-state index in [1.807, 2.05) is 0 Å². The highest BCUT2D eigenvalue weighted by Gasteiger charge is 2.35. The Balaban J connectivity index is 2.24. The topological polar surface area (TPSA) is 137 Å². The SMILES string of the molecule is C[C@@H](c1nc2c(F)ccc(Cl)c2c(=O)n1-c1cccc(NC(=O)NCCCO)c1)N(C(=O)O)C(C)(C)C. The number of hydrogen-bond donors (Lipinski definition) is 4. The minimum atomic E-state index is -1.25. The second kappa shape index (κ2) is 11.1. The van der Waals surface area contributed by atoms with Crippen molar-refractivity contribution in [2.45, 2.75) is 45.7 Å². The van der Waals surface area contributed by atoms with Gasteiger partial charge in [-0.2, -0.15) is 0 Å². The van der Waals surface area contributed by atoms with Crippen LogP contribution >= 0.6 is 11.6 Å². The summed E-state index contributed by atoms with van der Waals surface area (Å²) in [5.41, 5.74) is -1.26. The summed E-state index contributed by atoms with van der Waals surface area (Å²) in [6.07, 6.45) is -0.861. The number of fused-ring (bicyclic) bond motifs is 1. The third-order valence-electron chi connectivity index (χ3n) is 5.62. The highest BCUT2D eigenvalue weighted by Crippen LogP contribution is 2.31. The van der Waals surface area contributed by atoms with Crippen molar-refractivity contribution in [1.82, 2.24) is 19.8 Å². The Morgan fingerprint density at radius 2 is 1.95 bits per heavy atom. The van der Waals surface area contributed by atoms with E-state index in [0.29, 0.717) is 12.1 Å². The molecule has 0 fully saturated rings. The van der Waals surface area contributed by atoms with E-state index in [1.54, 1.807) is 45.9 Å². The van der Waals surface area contributed by atoms with Crippen LogP contribution in [-0.4, -0.2) is 55.5 Å². The van der Waals surface area contributed by atoms with Crippen LogP contribution < -0.4 is 16.2 Å². The normalized spacial score (nSPS) is 12.3. The largest absolute Gasteiger partial charge is 0.465 e. The summed E-state index contributed by atoms with van der Waals surface area (Å²) in [5, 5.41) is 23.9. The molecule has 1 aromatic heterocycles. The molecule has 0 aliphatic rings. The van der Waals surface area contributed by atoms with E-state index in [1.165, 1.54) is 16.7 Å². The molecule has 0 aliphatic heterocycles. The van der Waals surface area contributed by atoms with Crippen LogP contribution in [0.5, 0.6) is 0 Å². The predicted molar refractivity (Wildman–Crippen MR) is 139 cm³/mol. The number of anilines is 1. The summed E-state index contributed by atoms with van der Waals surface area (Å²) in [4.78, 5) is 43.7. The van der Waals surface area contributed by atoms with Crippen molar-refractivity contribution in [2.24, 2.45) is 0 Å². The van der Waals surface area contributed by atoms with Gasteiger partial charge in [-0.25, -0.2) is 19.0 Å². The molecule has 0 saturated heterocycles. The number of carbonyl (C=O) groups is 2. The Labute approximate surface area is 217 Å². The van der Waals surface area contributed by atoms with Gasteiger partial charge in [0.25, 0.3) is 5.56 Å². The molecular weight excluding hydrogens is 505 g/mol. The van der Waals surface area contributed by atoms with Crippen molar-refractivity contribution in [3.63, 3.8) is 0 Å². The first-order chi connectivity index (χ1) is 17.4. The molecule has 0 spiro atoms. The Morgan fingerprint density at radius 3 is 2.57 bits per heavy atom. The molecule has 12 heteroatoms. The van der Waals surface area contributed by atoms with Gasteiger partial charge in [-0.05, 0) is 64.4 Å². The zero-order valence-corrected chi connectivity index (χ0v) is 21.6. The van der Waals surface area contributed by atoms with E-state index in [4.69, 9.17) is 16.7 Å². The van der Waals surface area contributed by atoms with Crippen LogP contribution in [-0.2, 0) is 0 Å². The number of hydrogen-bond acceptors (Lipinski definition) is 5. The summed E-state index contributed by atoms with van der Waals surface area (Å²) < 4.78 is 16.0. The Hall–Kier alpha value is -3.70. The third kappa shape index (κ3) is 6.00. The summed E-state index contributed by atoms with van der Waals surface area (Å²) in [7, 11) is 0. The van der Waals surface area contributed by atoms with Crippen LogP contribution in [0.25, 0.3) is 16.6 Å². The van der Waals surface area contributed by atoms with E-state index in [9.17, 15) is 23.9 Å². The van der Waals surface area contributed by atoms with Gasteiger partial charge in [-0.15, -0.1) is 0 Å². The molecule has 0 aliphatic carbocycles. The van der Waals surface area contributed by atoms with Crippen molar-refractivity contribution in [3.8, 4) is 5.69 Å². The monoisotopic (exact) mass is 533 g/mol. The maximum Gasteiger partial charge on any atom is 0.408 e. The number of nitrogens with zero attached hydrogens (tertiary/aromatic N) is 3. The molecule has 1 heterocycles. The minimum absolute atomic E-state index is 0.00898. The van der Waals surface area contributed by atoms with Crippen molar-refractivity contribution >= 4 is 40.3 Å². The number of rotatable bonds is 7. The fourth-order valence-electron chi connectivity index (χ4n) is 4.09. The van der Waals surface area contributed by atoms with E-state index in [-0.39, 0.29) is 40.6 Å². The number of amides is 3. The average Bonchev–Trinajstić information content (AvgIpc) is 2.80. The fourth-order valence-corrected chi connectivity index (χ4v) is 4.33. The number of aliphatic hydroxyl groups is 1. The number of aromatic nitrogens is 2. The van der Waals surface area contributed by atoms with Crippen LogP contribution in [0.1, 0.15) is 46.0 Å². The zero-order valence-electron chi connectivity index (χ0n) is 20.9. The Bertz CT molecular complexity index is 1390. The number of halogens is 2. The third-order valence-corrected chi connectivity index (χ3v) is 5.94. The molecule has 4 N–H and O–H groups in total. The standard InChI is InChI=1S/C25H29ClFN5O5/c1-14(32(24(36)37)25(2,3)4)21-30-20-18(27)10-9-17(26)19(20)22(34)31(21)16-8-5-7-15(13-16)29-23(35)28-11-6-12-33/h5,7-10,13-14,33H,6,11-12H2,1-4H3,(H,36,37)(H2,28,29,35)/t14-/m0/s1. The molecule has 0 bridgehead atoms. The number of nitrogens with one attached hydrogen (secondary N) is 2. The number of urea groups is 1.